The first-order valence-electron chi connectivity index (χ1n) is 6.59. The van der Waals surface area contributed by atoms with Crippen molar-refractivity contribution in [2.75, 3.05) is 10.6 Å². The van der Waals surface area contributed by atoms with Crippen molar-refractivity contribution in [1.29, 1.82) is 0 Å². The molecular weight excluding hydrogens is 244 g/mol. The smallest absolute Gasteiger partial charge is 0.267 e. The highest BCUT2D eigenvalue weighted by Gasteiger charge is 2.41. The molecule has 2 atom stereocenters. The average molecular weight is 262 g/mol. The molecule has 0 spiro atoms. The number of pyridine rings is 1. The van der Waals surface area contributed by atoms with Crippen LogP contribution in [0.15, 0.2) is 12.1 Å². The van der Waals surface area contributed by atoms with Crippen LogP contribution in [0.2, 0.25) is 0 Å². The van der Waals surface area contributed by atoms with E-state index in [1.54, 1.807) is 12.1 Å². The van der Waals surface area contributed by atoms with Crippen molar-refractivity contribution >= 4 is 17.4 Å². The van der Waals surface area contributed by atoms with Gasteiger partial charge in [0.15, 0.2) is 5.82 Å². The van der Waals surface area contributed by atoms with Crippen LogP contribution in [0.3, 0.4) is 0 Å². The topological polar surface area (TPSA) is 105 Å². The predicted octanol–water partition coefficient (Wildman–Crippen LogP) is 0.255. The van der Waals surface area contributed by atoms with Crippen molar-refractivity contribution < 1.29 is 9.90 Å². The quantitative estimate of drug-likeness (QED) is 0.708. The Kier molecular flexibility index (Phi) is 2.82. The lowest BCUT2D eigenvalue weighted by molar-refractivity contribution is 0.0995. The SMILES string of the molecule is NC(=O)c1ccc(N)c(N2C3CCC2CC(O)C3)n1. The fourth-order valence-electron chi connectivity index (χ4n) is 3.30. The van der Waals surface area contributed by atoms with Gasteiger partial charge in [-0.3, -0.25) is 4.79 Å². The molecule has 1 aromatic rings. The molecule has 2 unspecified atom stereocenters. The molecule has 102 valence electrons. The van der Waals surface area contributed by atoms with Gasteiger partial charge in [-0.05, 0) is 37.8 Å². The van der Waals surface area contributed by atoms with Gasteiger partial charge in [-0.1, -0.05) is 0 Å². The van der Waals surface area contributed by atoms with Crippen molar-refractivity contribution in [3.05, 3.63) is 17.8 Å². The predicted molar refractivity (Wildman–Crippen MR) is 71.7 cm³/mol. The van der Waals surface area contributed by atoms with Crippen LogP contribution in [0.1, 0.15) is 36.2 Å². The monoisotopic (exact) mass is 262 g/mol. The number of aromatic nitrogens is 1. The van der Waals surface area contributed by atoms with E-state index in [4.69, 9.17) is 11.5 Å². The van der Waals surface area contributed by atoms with E-state index in [9.17, 15) is 9.90 Å². The van der Waals surface area contributed by atoms with E-state index >= 15 is 0 Å². The van der Waals surface area contributed by atoms with Gasteiger partial charge in [0, 0.05) is 12.1 Å². The number of piperidine rings is 1. The van der Waals surface area contributed by atoms with E-state index in [2.05, 4.69) is 9.88 Å². The molecule has 5 N–H and O–H groups in total. The molecule has 2 aliphatic rings. The second kappa shape index (κ2) is 4.38. The van der Waals surface area contributed by atoms with Crippen LogP contribution in [0.4, 0.5) is 11.5 Å². The first-order chi connectivity index (χ1) is 9.06. The minimum absolute atomic E-state index is 0.231. The van der Waals surface area contributed by atoms with Crippen molar-refractivity contribution in [2.45, 2.75) is 43.9 Å². The lowest BCUT2D eigenvalue weighted by atomic mass is 9.99. The Bertz CT molecular complexity index is 505. The van der Waals surface area contributed by atoms with E-state index < -0.39 is 5.91 Å². The van der Waals surface area contributed by atoms with Crippen LogP contribution >= 0.6 is 0 Å². The Morgan fingerprint density at radius 3 is 2.53 bits per heavy atom. The standard InChI is InChI=1S/C13H18N4O2/c14-10-3-4-11(12(15)19)16-13(10)17-7-1-2-8(17)6-9(18)5-7/h3-4,7-9,18H,1-2,5-6,14H2,(H2,15,19). The molecule has 2 aliphatic heterocycles. The van der Waals surface area contributed by atoms with E-state index in [1.165, 1.54) is 0 Å². The van der Waals surface area contributed by atoms with Crippen LogP contribution in [0, 0.1) is 0 Å². The molecule has 2 saturated heterocycles. The largest absolute Gasteiger partial charge is 0.396 e. The number of carbonyl (C=O) groups excluding carboxylic acids is 1. The van der Waals surface area contributed by atoms with Crippen LogP contribution in [0.5, 0.6) is 0 Å². The fraction of sp³-hybridized carbons (Fsp3) is 0.538. The Morgan fingerprint density at radius 1 is 1.32 bits per heavy atom. The summed E-state index contributed by atoms with van der Waals surface area (Å²) >= 11 is 0. The number of aliphatic hydroxyl groups excluding tert-OH is 1. The third kappa shape index (κ3) is 2.02. The highest BCUT2D eigenvalue weighted by molar-refractivity contribution is 5.92. The minimum atomic E-state index is -0.550. The molecule has 1 aromatic heterocycles. The maximum absolute atomic E-state index is 11.2. The highest BCUT2D eigenvalue weighted by atomic mass is 16.3. The summed E-state index contributed by atoms with van der Waals surface area (Å²) in [6.45, 7) is 0. The molecule has 0 aliphatic carbocycles. The molecular formula is C13H18N4O2. The van der Waals surface area contributed by atoms with Gasteiger partial charge in [-0.25, -0.2) is 4.98 Å². The van der Waals surface area contributed by atoms with Crippen molar-refractivity contribution in [3.63, 3.8) is 0 Å². The highest BCUT2D eigenvalue weighted by Crippen LogP contribution is 2.40. The first-order valence-corrected chi connectivity index (χ1v) is 6.59. The summed E-state index contributed by atoms with van der Waals surface area (Å²) in [6.07, 6.45) is 3.29. The Balaban J connectivity index is 1.98. The summed E-state index contributed by atoms with van der Waals surface area (Å²) in [5.74, 6) is 0.0846. The van der Waals surface area contributed by atoms with Crippen LogP contribution in [-0.4, -0.2) is 34.2 Å². The Hall–Kier alpha value is -1.82. The zero-order chi connectivity index (χ0) is 13.6. The molecule has 6 heteroatoms. The van der Waals surface area contributed by atoms with Gasteiger partial charge in [0.2, 0.25) is 0 Å². The number of nitrogen functional groups attached to an aromatic ring is 1. The Labute approximate surface area is 111 Å². The van der Waals surface area contributed by atoms with Crippen LogP contribution in [0.25, 0.3) is 0 Å². The number of fused-ring (bicyclic) bond motifs is 2. The maximum Gasteiger partial charge on any atom is 0.267 e. The zero-order valence-corrected chi connectivity index (χ0v) is 10.6. The number of rotatable bonds is 2. The first kappa shape index (κ1) is 12.2. The van der Waals surface area contributed by atoms with Crippen molar-refractivity contribution in [3.8, 4) is 0 Å². The summed E-state index contributed by atoms with van der Waals surface area (Å²) in [5, 5.41) is 9.81. The Morgan fingerprint density at radius 2 is 1.95 bits per heavy atom. The maximum atomic E-state index is 11.2. The molecule has 2 bridgehead atoms. The number of primary amides is 1. The number of amides is 1. The van der Waals surface area contributed by atoms with Gasteiger partial charge in [-0.2, -0.15) is 0 Å². The van der Waals surface area contributed by atoms with Crippen molar-refractivity contribution in [2.24, 2.45) is 5.73 Å². The van der Waals surface area contributed by atoms with Crippen LogP contribution < -0.4 is 16.4 Å². The summed E-state index contributed by atoms with van der Waals surface area (Å²) < 4.78 is 0. The van der Waals surface area contributed by atoms with E-state index in [1.807, 2.05) is 0 Å². The van der Waals surface area contributed by atoms with Gasteiger partial charge in [0.25, 0.3) is 5.91 Å². The third-order valence-electron chi connectivity index (χ3n) is 4.11. The summed E-state index contributed by atoms with van der Waals surface area (Å²) in [6, 6.07) is 3.73. The molecule has 0 saturated carbocycles. The second-order valence-corrected chi connectivity index (χ2v) is 5.39. The van der Waals surface area contributed by atoms with E-state index in [0.717, 1.165) is 25.7 Å². The van der Waals surface area contributed by atoms with Crippen molar-refractivity contribution in [1.82, 2.24) is 4.98 Å². The molecule has 1 amide bonds. The number of nitrogens with two attached hydrogens (primary N) is 2. The van der Waals surface area contributed by atoms with E-state index in [-0.39, 0.29) is 23.9 Å². The van der Waals surface area contributed by atoms with Gasteiger partial charge in [-0.15, -0.1) is 0 Å². The molecule has 19 heavy (non-hydrogen) atoms. The molecule has 0 radical (unpaired) electrons. The van der Waals surface area contributed by atoms with Crippen LogP contribution in [-0.2, 0) is 0 Å². The number of nitrogens with zero attached hydrogens (tertiary/aromatic N) is 2. The molecule has 3 heterocycles. The summed E-state index contributed by atoms with van der Waals surface area (Å²) in [5.41, 5.74) is 12.0. The van der Waals surface area contributed by atoms with Gasteiger partial charge in [0.1, 0.15) is 5.69 Å². The number of hydrogen-bond donors (Lipinski definition) is 3. The van der Waals surface area contributed by atoms with Gasteiger partial charge < -0.3 is 21.5 Å². The summed E-state index contributed by atoms with van der Waals surface area (Å²) in [4.78, 5) is 17.7. The number of aliphatic hydroxyl groups is 1. The average Bonchev–Trinajstić information content (AvgIpc) is 2.62. The lowest BCUT2D eigenvalue weighted by Crippen LogP contribution is -2.45. The lowest BCUT2D eigenvalue weighted by Gasteiger charge is -2.38. The number of hydrogen-bond acceptors (Lipinski definition) is 5. The van der Waals surface area contributed by atoms with Gasteiger partial charge in [0.05, 0.1) is 11.8 Å². The normalized spacial score (nSPS) is 29.5. The molecule has 0 aromatic carbocycles. The number of carbonyl (C=O) groups is 1. The van der Waals surface area contributed by atoms with E-state index in [0.29, 0.717) is 11.5 Å². The van der Waals surface area contributed by atoms with Gasteiger partial charge >= 0.3 is 0 Å². The molecule has 2 fully saturated rings. The fourth-order valence-corrected chi connectivity index (χ4v) is 3.30. The minimum Gasteiger partial charge on any atom is -0.396 e. The summed E-state index contributed by atoms with van der Waals surface area (Å²) in [7, 11) is 0. The second-order valence-electron chi connectivity index (χ2n) is 5.39. The third-order valence-corrected chi connectivity index (χ3v) is 4.11. The molecule has 6 nitrogen and oxygen atoms in total. The zero-order valence-electron chi connectivity index (χ0n) is 10.6. The molecule has 3 rings (SSSR count). The number of anilines is 2.